The summed E-state index contributed by atoms with van der Waals surface area (Å²) in [6.45, 7) is 3.02. The quantitative estimate of drug-likeness (QED) is 0.0587. The van der Waals surface area contributed by atoms with Gasteiger partial charge in [-0.05, 0) is 50.5 Å². The Morgan fingerprint density at radius 2 is 1.71 bits per heavy atom. The van der Waals surface area contributed by atoms with E-state index in [4.69, 9.17) is 15.6 Å². The molecule has 1 aliphatic heterocycles. The zero-order valence-corrected chi connectivity index (χ0v) is 29.8. The third-order valence-corrected chi connectivity index (χ3v) is 7.57. The maximum absolute atomic E-state index is 13.4. The summed E-state index contributed by atoms with van der Waals surface area (Å²) >= 11 is 0. The molecule has 2 aromatic rings. The Morgan fingerprint density at radius 3 is 2.37 bits per heavy atom. The number of benzene rings is 1. The smallest absolute Gasteiger partial charge is 0.481 e. The van der Waals surface area contributed by atoms with Crippen LogP contribution in [-0.4, -0.2) is 126 Å². The standard InChI is InChI=1S/C31H44N8O9.Ca/c1-2-48-24(42)9-7-5-3-4-6-8-16-33-31(47)39-21(18-35-26-25(39)28(44)38-30(32)37-26)17-34-20-12-10-19(11-13-20)27(43)36-22(29(45)46)14-15-23(40)41;/h10-13,21-22,34H,2-9,14-18H2,1H3,(H,33,47)(H,36,43)(H,40,41)(H,45,46)(H4,32,35,37,38,44);/q;+2. The molecule has 0 fully saturated rings. The van der Waals surface area contributed by atoms with Crippen LogP contribution < -0.4 is 37.5 Å². The van der Waals surface area contributed by atoms with Crippen molar-refractivity contribution in [2.24, 2.45) is 0 Å². The summed E-state index contributed by atoms with van der Waals surface area (Å²) in [5, 5.41) is 29.6. The Morgan fingerprint density at radius 1 is 1.04 bits per heavy atom. The molecule has 17 nitrogen and oxygen atoms in total. The number of aromatic nitrogens is 2. The minimum Gasteiger partial charge on any atom is -0.481 e. The molecule has 0 bridgehead atoms. The third kappa shape index (κ3) is 13.4. The molecule has 0 radical (unpaired) electrons. The Hall–Kier alpha value is -4.09. The molecule has 2 atom stereocenters. The maximum atomic E-state index is 13.4. The number of fused-ring (bicyclic) bond motifs is 1. The molecule has 262 valence electrons. The van der Waals surface area contributed by atoms with Gasteiger partial charge < -0.3 is 42.0 Å². The van der Waals surface area contributed by atoms with Crippen LogP contribution in [-0.2, 0) is 19.1 Å². The van der Waals surface area contributed by atoms with Crippen molar-refractivity contribution >= 4 is 90.7 Å². The molecule has 2 unspecified atom stereocenters. The van der Waals surface area contributed by atoms with Gasteiger partial charge in [-0.25, -0.2) is 9.59 Å². The molecule has 0 aliphatic carbocycles. The Labute approximate surface area is 313 Å². The molecule has 0 saturated heterocycles. The van der Waals surface area contributed by atoms with Gasteiger partial charge in [0.15, 0.2) is 11.5 Å². The van der Waals surface area contributed by atoms with Crippen molar-refractivity contribution in [2.45, 2.75) is 76.8 Å². The SMILES string of the molecule is CCOC(=O)CCCCCCCCNC(=O)N1c2c(nc(N)[nH]c2=O)NCC1CNc1ccc(C(=O)NC(CCC(=O)O)C(=O)O)cc1.[Ca+2]. The number of rotatable bonds is 19. The number of urea groups is 1. The van der Waals surface area contributed by atoms with E-state index < -0.39 is 47.9 Å². The predicted molar refractivity (Wildman–Crippen MR) is 183 cm³/mol. The van der Waals surface area contributed by atoms with Crippen molar-refractivity contribution < 1.29 is 38.9 Å². The molecule has 18 heteroatoms. The molecule has 0 saturated carbocycles. The number of esters is 1. The number of nitrogens with zero attached hydrogens (tertiary/aromatic N) is 2. The van der Waals surface area contributed by atoms with Gasteiger partial charge in [0, 0.05) is 43.7 Å². The van der Waals surface area contributed by atoms with E-state index in [1.807, 2.05) is 0 Å². The molecule has 9 N–H and O–H groups in total. The maximum Gasteiger partial charge on any atom is 2.00 e. The predicted octanol–water partition coefficient (Wildman–Crippen LogP) is 1.74. The summed E-state index contributed by atoms with van der Waals surface area (Å²) < 4.78 is 4.93. The van der Waals surface area contributed by atoms with Crippen molar-refractivity contribution in [3.63, 3.8) is 0 Å². The Bertz CT molecular complexity index is 1490. The number of aromatic amines is 1. The molecular weight excluding hydrogens is 668 g/mol. The largest absolute Gasteiger partial charge is 2.00 e. The number of anilines is 4. The van der Waals surface area contributed by atoms with Crippen LogP contribution >= 0.6 is 0 Å². The average molecular weight is 713 g/mol. The second-order valence-corrected chi connectivity index (χ2v) is 11.2. The van der Waals surface area contributed by atoms with E-state index >= 15 is 0 Å². The summed E-state index contributed by atoms with van der Waals surface area (Å²) in [4.78, 5) is 80.5. The van der Waals surface area contributed by atoms with E-state index in [0.29, 0.717) is 25.3 Å². The van der Waals surface area contributed by atoms with Crippen molar-refractivity contribution in [3.05, 3.63) is 40.2 Å². The fourth-order valence-corrected chi connectivity index (χ4v) is 5.11. The molecule has 2 heterocycles. The topological polar surface area (TPSA) is 258 Å². The third-order valence-electron chi connectivity index (χ3n) is 7.57. The number of carboxylic acids is 2. The first-order valence-corrected chi connectivity index (χ1v) is 16.0. The Kier molecular flexibility index (Phi) is 17.7. The second kappa shape index (κ2) is 21.1. The first-order chi connectivity index (χ1) is 23.0. The van der Waals surface area contributed by atoms with Gasteiger partial charge in [0.2, 0.25) is 5.95 Å². The van der Waals surface area contributed by atoms with E-state index in [1.54, 1.807) is 19.1 Å². The number of nitrogens with two attached hydrogens (primary N) is 1. The van der Waals surface area contributed by atoms with E-state index in [9.17, 15) is 33.9 Å². The molecule has 3 amide bonds. The normalized spacial score (nSPS) is 13.9. The number of amides is 3. The zero-order chi connectivity index (χ0) is 35.1. The summed E-state index contributed by atoms with van der Waals surface area (Å²) in [5.41, 5.74) is 5.93. The molecule has 3 rings (SSSR count). The summed E-state index contributed by atoms with van der Waals surface area (Å²) in [7, 11) is 0. The van der Waals surface area contributed by atoms with Crippen LogP contribution in [0.5, 0.6) is 0 Å². The van der Waals surface area contributed by atoms with Gasteiger partial charge in [0.25, 0.3) is 11.5 Å². The van der Waals surface area contributed by atoms with Crippen LogP contribution in [0.2, 0.25) is 0 Å². The number of aliphatic carboxylic acids is 2. The monoisotopic (exact) mass is 712 g/mol. The fourth-order valence-electron chi connectivity index (χ4n) is 5.11. The van der Waals surface area contributed by atoms with Crippen LogP contribution in [0, 0.1) is 0 Å². The van der Waals surface area contributed by atoms with Gasteiger partial charge in [-0.15, -0.1) is 0 Å². The average Bonchev–Trinajstić information content (AvgIpc) is 3.04. The first-order valence-electron chi connectivity index (χ1n) is 16.0. The molecule has 0 spiro atoms. The van der Waals surface area contributed by atoms with Crippen LogP contribution in [0.25, 0.3) is 0 Å². The fraction of sp³-hybridized carbons (Fsp3) is 0.516. The molecular formula is C31H44CaN8O9+2. The van der Waals surface area contributed by atoms with E-state index in [1.165, 1.54) is 17.0 Å². The second-order valence-electron chi connectivity index (χ2n) is 11.2. The van der Waals surface area contributed by atoms with Crippen LogP contribution in [0.1, 0.15) is 75.1 Å². The number of nitrogen functional groups attached to an aromatic ring is 1. The molecule has 1 aromatic heterocycles. The van der Waals surface area contributed by atoms with Gasteiger partial charge >= 0.3 is 61.7 Å². The van der Waals surface area contributed by atoms with Crippen molar-refractivity contribution in [2.75, 3.05) is 47.5 Å². The number of hydrogen-bond acceptors (Lipinski definition) is 11. The first kappa shape index (κ1) is 41.1. The molecule has 1 aliphatic rings. The minimum atomic E-state index is -1.35. The van der Waals surface area contributed by atoms with Crippen molar-refractivity contribution in [1.82, 2.24) is 20.6 Å². The van der Waals surface area contributed by atoms with Crippen LogP contribution in [0.15, 0.2) is 29.1 Å². The molecule has 1 aromatic carbocycles. The van der Waals surface area contributed by atoms with Gasteiger partial charge in [-0.1, -0.05) is 25.7 Å². The van der Waals surface area contributed by atoms with Crippen LogP contribution in [0.4, 0.5) is 27.9 Å². The van der Waals surface area contributed by atoms with Crippen LogP contribution in [0.3, 0.4) is 0 Å². The number of H-pyrrole nitrogens is 1. The van der Waals surface area contributed by atoms with Gasteiger partial charge in [0.05, 0.1) is 12.6 Å². The van der Waals surface area contributed by atoms with Crippen molar-refractivity contribution in [1.29, 1.82) is 0 Å². The van der Waals surface area contributed by atoms with E-state index in [-0.39, 0.29) is 86.2 Å². The number of nitrogens with one attached hydrogen (secondary N) is 5. The number of carboxylic acid groups (broad SMARTS) is 2. The number of carbonyl (C=O) groups excluding carboxylic acids is 3. The molecule has 49 heavy (non-hydrogen) atoms. The number of ether oxygens (including phenoxy) is 1. The Balaban J connectivity index is 0.00000833. The van der Waals surface area contributed by atoms with Gasteiger partial charge in [-0.2, -0.15) is 4.98 Å². The number of hydrogen-bond donors (Lipinski definition) is 8. The summed E-state index contributed by atoms with van der Waals surface area (Å²) in [5.74, 6) is -3.27. The zero-order valence-electron chi connectivity index (χ0n) is 27.6. The number of carbonyl (C=O) groups is 5. The summed E-state index contributed by atoms with van der Waals surface area (Å²) in [6, 6.07) is 3.79. The number of unbranched alkanes of at least 4 members (excludes halogenated alkanes) is 5. The minimum absolute atomic E-state index is 0. The van der Waals surface area contributed by atoms with E-state index in [0.717, 1.165) is 38.5 Å². The van der Waals surface area contributed by atoms with E-state index in [2.05, 4.69) is 31.2 Å². The van der Waals surface area contributed by atoms with Gasteiger partial charge in [-0.3, -0.25) is 29.1 Å². The van der Waals surface area contributed by atoms with Crippen molar-refractivity contribution in [3.8, 4) is 0 Å². The summed E-state index contributed by atoms with van der Waals surface area (Å²) in [6.07, 6.45) is 4.99. The van der Waals surface area contributed by atoms with Gasteiger partial charge in [0.1, 0.15) is 6.04 Å².